The van der Waals surface area contributed by atoms with E-state index in [1.807, 2.05) is 49.4 Å². The molecule has 0 N–H and O–H groups in total. The van der Waals surface area contributed by atoms with Gasteiger partial charge >= 0.3 is 0 Å². The van der Waals surface area contributed by atoms with E-state index in [9.17, 15) is 4.79 Å². The van der Waals surface area contributed by atoms with Crippen molar-refractivity contribution >= 4 is 11.6 Å². The Labute approximate surface area is 141 Å². The summed E-state index contributed by atoms with van der Waals surface area (Å²) in [5, 5.41) is 0. The lowest BCUT2D eigenvalue weighted by Crippen LogP contribution is -2.26. The molecule has 1 aromatic heterocycles. The molecule has 122 valence electrons. The van der Waals surface area contributed by atoms with E-state index in [0.29, 0.717) is 23.8 Å². The standard InChI is InChI=1S/C20H20N2O2/c1-4-18-21-14(2)19(24-18)20(23)22(3)17-12-10-16(11-13-17)15-8-6-5-7-9-15/h5-13H,4H2,1-3H3. The second-order valence-electron chi connectivity index (χ2n) is 5.65. The van der Waals surface area contributed by atoms with E-state index in [1.54, 1.807) is 18.9 Å². The van der Waals surface area contributed by atoms with Crippen LogP contribution in [0.15, 0.2) is 59.0 Å². The smallest absolute Gasteiger partial charge is 0.295 e. The van der Waals surface area contributed by atoms with Gasteiger partial charge in [0.2, 0.25) is 5.76 Å². The van der Waals surface area contributed by atoms with Gasteiger partial charge in [-0.05, 0) is 30.2 Å². The first-order valence-electron chi connectivity index (χ1n) is 8.00. The summed E-state index contributed by atoms with van der Waals surface area (Å²) in [5.74, 6) is 0.706. The largest absolute Gasteiger partial charge is 0.435 e. The molecule has 0 saturated heterocycles. The third kappa shape index (κ3) is 3.08. The van der Waals surface area contributed by atoms with E-state index in [1.165, 1.54) is 0 Å². The molecule has 3 rings (SSSR count). The average Bonchev–Trinajstić information content (AvgIpc) is 3.02. The number of nitrogens with zero attached hydrogens (tertiary/aromatic N) is 2. The minimum Gasteiger partial charge on any atom is -0.435 e. The molecule has 24 heavy (non-hydrogen) atoms. The van der Waals surface area contributed by atoms with E-state index in [4.69, 9.17) is 4.42 Å². The molecule has 0 bridgehead atoms. The summed E-state index contributed by atoms with van der Waals surface area (Å²) < 4.78 is 5.56. The zero-order chi connectivity index (χ0) is 17.1. The van der Waals surface area contributed by atoms with E-state index in [2.05, 4.69) is 17.1 Å². The third-order valence-electron chi connectivity index (χ3n) is 4.00. The fourth-order valence-corrected chi connectivity index (χ4v) is 2.58. The molecule has 4 heteroatoms. The van der Waals surface area contributed by atoms with Crippen molar-refractivity contribution in [1.82, 2.24) is 4.98 Å². The first-order chi connectivity index (χ1) is 11.6. The van der Waals surface area contributed by atoms with Gasteiger partial charge in [0.15, 0.2) is 5.89 Å². The molecule has 2 aromatic carbocycles. The predicted octanol–water partition coefficient (Wildman–Crippen LogP) is 4.49. The molecule has 0 radical (unpaired) electrons. The first-order valence-corrected chi connectivity index (χ1v) is 8.00. The zero-order valence-corrected chi connectivity index (χ0v) is 14.1. The number of rotatable bonds is 4. The van der Waals surface area contributed by atoms with Gasteiger partial charge in [-0.3, -0.25) is 4.79 Å². The van der Waals surface area contributed by atoms with Crippen LogP contribution in [0.25, 0.3) is 11.1 Å². The van der Waals surface area contributed by atoms with Crippen LogP contribution in [0.5, 0.6) is 0 Å². The Morgan fingerprint density at radius 1 is 1.04 bits per heavy atom. The van der Waals surface area contributed by atoms with E-state index >= 15 is 0 Å². The molecule has 0 aliphatic heterocycles. The molecule has 0 fully saturated rings. The highest BCUT2D eigenvalue weighted by Gasteiger charge is 2.21. The second kappa shape index (κ2) is 6.71. The van der Waals surface area contributed by atoms with Crippen molar-refractivity contribution < 1.29 is 9.21 Å². The number of anilines is 1. The van der Waals surface area contributed by atoms with Gasteiger partial charge in [0.25, 0.3) is 5.91 Å². The Balaban J connectivity index is 1.83. The maximum atomic E-state index is 12.6. The second-order valence-corrected chi connectivity index (χ2v) is 5.65. The fraction of sp³-hybridized carbons (Fsp3) is 0.200. The van der Waals surface area contributed by atoms with Crippen LogP contribution in [0.4, 0.5) is 5.69 Å². The van der Waals surface area contributed by atoms with Crippen molar-refractivity contribution in [3.63, 3.8) is 0 Å². The van der Waals surface area contributed by atoms with Crippen LogP contribution in [0, 0.1) is 6.92 Å². The van der Waals surface area contributed by atoms with Gasteiger partial charge in [-0.25, -0.2) is 4.98 Å². The Morgan fingerprint density at radius 2 is 1.67 bits per heavy atom. The maximum Gasteiger partial charge on any atom is 0.295 e. The van der Waals surface area contributed by atoms with Crippen molar-refractivity contribution in [3.05, 3.63) is 71.9 Å². The SMILES string of the molecule is CCc1nc(C)c(C(=O)N(C)c2ccc(-c3ccccc3)cc2)o1. The Hall–Kier alpha value is -2.88. The van der Waals surface area contributed by atoms with Crippen molar-refractivity contribution in [1.29, 1.82) is 0 Å². The summed E-state index contributed by atoms with van der Waals surface area (Å²) in [7, 11) is 1.74. The van der Waals surface area contributed by atoms with Gasteiger partial charge in [-0.15, -0.1) is 0 Å². The number of aryl methyl sites for hydroxylation is 2. The van der Waals surface area contributed by atoms with Gasteiger partial charge in [0.05, 0.1) is 5.69 Å². The number of amides is 1. The number of aromatic nitrogens is 1. The zero-order valence-electron chi connectivity index (χ0n) is 14.1. The van der Waals surface area contributed by atoms with Gasteiger partial charge in [0, 0.05) is 19.2 Å². The molecule has 0 aliphatic carbocycles. The predicted molar refractivity (Wildman–Crippen MR) is 95.2 cm³/mol. The summed E-state index contributed by atoms with van der Waals surface area (Å²) in [5.41, 5.74) is 3.71. The number of hydrogen-bond donors (Lipinski definition) is 0. The van der Waals surface area contributed by atoms with Crippen LogP contribution in [0.2, 0.25) is 0 Å². The highest BCUT2D eigenvalue weighted by Crippen LogP contribution is 2.24. The molecule has 1 amide bonds. The lowest BCUT2D eigenvalue weighted by molar-refractivity contribution is 0.0964. The van der Waals surface area contributed by atoms with Crippen LogP contribution in [0.3, 0.4) is 0 Å². The number of benzene rings is 2. The lowest BCUT2D eigenvalue weighted by Gasteiger charge is -2.16. The molecule has 0 aliphatic rings. The quantitative estimate of drug-likeness (QED) is 0.711. The minimum absolute atomic E-state index is 0.188. The fourth-order valence-electron chi connectivity index (χ4n) is 2.58. The number of oxazole rings is 1. The van der Waals surface area contributed by atoms with Gasteiger partial charge in [-0.1, -0.05) is 49.4 Å². The minimum atomic E-state index is -0.188. The molecule has 0 atom stereocenters. The molecule has 1 heterocycles. The highest BCUT2D eigenvalue weighted by atomic mass is 16.4. The van der Waals surface area contributed by atoms with Crippen LogP contribution < -0.4 is 4.90 Å². The van der Waals surface area contributed by atoms with E-state index < -0.39 is 0 Å². The van der Waals surface area contributed by atoms with Crippen molar-refractivity contribution in [3.8, 4) is 11.1 Å². The van der Waals surface area contributed by atoms with Crippen LogP contribution >= 0.6 is 0 Å². The van der Waals surface area contributed by atoms with Gasteiger partial charge in [-0.2, -0.15) is 0 Å². The normalized spacial score (nSPS) is 10.6. The Morgan fingerprint density at radius 3 is 2.25 bits per heavy atom. The summed E-state index contributed by atoms with van der Waals surface area (Å²) in [4.78, 5) is 18.5. The van der Waals surface area contributed by atoms with Gasteiger partial charge < -0.3 is 9.32 Å². The monoisotopic (exact) mass is 320 g/mol. The molecule has 4 nitrogen and oxygen atoms in total. The number of hydrogen-bond acceptors (Lipinski definition) is 3. The number of carbonyl (C=O) groups excluding carboxylic acids is 1. The van der Waals surface area contributed by atoms with E-state index in [0.717, 1.165) is 16.8 Å². The summed E-state index contributed by atoms with van der Waals surface area (Å²) in [6.07, 6.45) is 0.670. The Bertz CT molecular complexity index is 836. The first kappa shape index (κ1) is 16.0. The molecular weight excluding hydrogens is 300 g/mol. The average molecular weight is 320 g/mol. The molecular formula is C20H20N2O2. The molecule has 0 spiro atoms. The van der Waals surface area contributed by atoms with Gasteiger partial charge in [0.1, 0.15) is 0 Å². The number of carbonyl (C=O) groups is 1. The van der Waals surface area contributed by atoms with Crippen molar-refractivity contribution in [2.45, 2.75) is 20.3 Å². The Kier molecular flexibility index (Phi) is 4.47. The molecule has 0 unspecified atom stereocenters. The van der Waals surface area contributed by atoms with Crippen LogP contribution in [-0.4, -0.2) is 17.9 Å². The van der Waals surface area contributed by atoms with Crippen molar-refractivity contribution in [2.75, 3.05) is 11.9 Å². The topological polar surface area (TPSA) is 46.3 Å². The lowest BCUT2D eigenvalue weighted by atomic mass is 10.1. The van der Waals surface area contributed by atoms with Crippen LogP contribution in [-0.2, 0) is 6.42 Å². The summed E-state index contributed by atoms with van der Waals surface area (Å²) in [6, 6.07) is 18.0. The maximum absolute atomic E-state index is 12.6. The highest BCUT2D eigenvalue weighted by molar-refractivity contribution is 6.04. The molecule has 0 saturated carbocycles. The van der Waals surface area contributed by atoms with E-state index in [-0.39, 0.29) is 5.91 Å². The molecule has 3 aromatic rings. The summed E-state index contributed by atoms with van der Waals surface area (Å²) >= 11 is 0. The van der Waals surface area contributed by atoms with Crippen LogP contribution in [0.1, 0.15) is 29.1 Å². The van der Waals surface area contributed by atoms with Crippen molar-refractivity contribution in [2.24, 2.45) is 0 Å². The summed E-state index contributed by atoms with van der Waals surface area (Å²) in [6.45, 7) is 3.74. The third-order valence-corrected chi connectivity index (χ3v) is 4.00.